The van der Waals surface area contributed by atoms with Crippen LogP contribution < -0.4 is 16.4 Å². The van der Waals surface area contributed by atoms with Crippen molar-refractivity contribution in [3.8, 4) is 67.0 Å². The largest absolute Gasteiger partial charge is 0.310 e. The maximum Gasteiger partial charge on any atom is 0.252 e. The van der Waals surface area contributed by atoms with E-state index in [1.54, 1.807) is 0 Å². The second kappa shape index (κ2) is 20.5. The van der Waals surface area contributed by atoms with Crippen LogP contribution in [-0.4, -0.2) is 15.8 Å². The molecule has 0 bridgehead atoms. The van der Waals surface area contributed by atoms with Crippen molar-refractivity contribution >= 4 is 99.0 Å². The lowest BCUT2D eigenvalue weighted by atomic mass is 9.34. The highest BCUT2D eigenvalue weighted by molar-refractivity contribution is 7.00. The molecule has 2 aliphatic heterocycles. The van der Waals surface area contributed by atoms with Crippen LogP contribution in [0.15, 0.2) is 224 Å². The summed E-state index contributed by atoms with van der Waals surface area (Å²) in [7, 11) is 0. The van der Waals surface area contributed by atoms with Crippen LogP contribution in [0.3, 0.4) is 0 Å². The van der Waals surface area contributed by atoms with Gasteiger partial charge in [0.15, 0.2) is 0 Å². The van der Waals surface area contributed by atoms with Crippen LogP contribution in [-0.2, 0) is 32.5 Å². The molecule has 2 aromatic heterocycles. The monoisotopic (exact) mass is 1280 g/mol. The van der Waals surface area contributed by atoms with Crippen molar-refractivity contribution in [3.63, 3.8) is 0 Å². The van der Waals surface area contributed by atoms with Gasteiger partial charge in [-0.15, -0.1) is 0 Å². The second-order valence-corrected chi connectivity index (χ2v) is 34.9. The van der Waals surface area contributed by atoms with Gasteiger partial charge in [-0.3, -0.25) is 0 Å². The number of benzene rings is 13. The first-order chi connectivity index (χ1) is 47.3. The van der Waals surface area contributed by atoms with Gasteiger partial charge in [0.25, 0.3) is 6.71 Å². The molecule has 0 spiro atoms. The number of rotatable bonds is 5. The Bertz CT molecular complexity index is 5920. The fraction of sp³-hybridized carbons (Fsp3) is 0.250. The number of hydrogen-bond acceptors (Lipinski definition) is 0. The summed E-state index contributed by atoms with van der Waals surface area (Å²) >= 11 is 0. The van der Waals surface area contributed by atoms with Crippen molar-refractivity contribution < 1.29 is 0 Å². The van der Waals surface area contributed by atoms with E-state index in [1.807, 2.05) is 0 Å². The highest BCUT2D eigenvalue weighted by Crippen LogP contribution is 2.54. The summed E-state index contributed by atoms with van der Waals surface area (Å²) in [5, 5.41) is 13.0. The Balaban J connectivity index is 1.02. The number of fused-ring (bicyclic) bond motifs is 19. The van der Waals surface area contributed by atoms with Crippen LogP contribution in [0.1, 0.15) is 156 Å². The number of hydrogen-bond donors (Lipinski definition) is 0. The third kappa shape index (κ3) is 8.68. The molecule has 2 nitrogen and oxygen atoms in total. The van der Waals surface area contributed by atoms with E-state index in [9.17, 15) is 0 Å². The summed E-state index contributed by atoms with van der Waals surface area (Å²) in [4.78, 5) is 0. The van der Waals surface area contributed by atoms with Gasteiger partial charge in [-0.25, -0.2) is 0 Å². The molecule has 0 atom stereocenters. The fourth-order valence-electron chi connectivity index (χ4n) is 19.2. The van der Waals surface area contributed by atoms with Crippen molar-refractivity contribution in [2.24, 2.45) is 0 Å². The quantitative estimate of drug-likeness (QED) is 0.120. The molecule has 4 heterocycles. The van der Waals surface area contributed by atoms with Gasteiger partial charge in [-0.1, -0.05) is 279 Å². The van der Waals surface area contributed by atoms with E-state index in [4.69, 9.17) is 0 Å². The van der Waals surface area contributed by atoms with E-state index in [-0.39, 0.29) is 39.2 Å². The molecule has 2 aliphatic carbocycles. The van der Waals surface area contributed by atoms with E-state index in [1.165, 1.54) is 206 Å². The molecule has 0 fully saturated rings. The van der Waals surface area contributed by atoms with E-state index in [2.05, 4.69) is 331 Å². The molecule has 0 amide bonds. The predicted molar refractivity (Wildman–Crippen MR) is 427 cm³/mol. The summed E-state index contributed by atoms with van der Waals surface area (Å²) in [6, 6.07) is 89.3. The molecule has 0 radical (unpaired) electrons. The van der Waals surface area contributed by atoms with Crippen LogP contribution in [0.25, 0.3) is 143 Å². The maximum atomic E-state index is 2.77. The molecule has 4 aliphatic rings. The topological polar surface area (TPSA) is 9.86 Å². The minimum absolute atomic E-state index is 0.0218. The number of nitrogens with zero attached hydrogens (tertiary/aromatic N) is 2. The SMILES string of the molecule is CC(C)(C)c1ccc2c(c1)c1cc(C(C)(C)C)cc3c1n2-c1cc(-c2c(-c4ccc5c(c4)C(C)(C)CCC5(C)C)cccc2-c2ccc4c(c2)C(C)(C)CCC4(C)C)cc2c1B3c1cc(-c3ccccc3-c3ccccc3)cc3c4c5c6ccccc6c6ccccc6c5ccc4n-2c13. The van der Waals surface area contributed by atoms with Gasteiger partial charge in [0, 0.05) is 49.3 Å². The molecule has 0 unspecified atom stereocenters. The van der Waals surface area contributed by atoms with Crippen LogP contribution >= 0.6 is 0 Å². The molecule has 484 valence electrons. The molecule has 13 aromatic carbocycles. The Kier molecular flexibility index (Phi) is 12.5. The zero-order chi connectivity index (χ0) is 67.9. The molecule has 15 aromatic rings. The van der Waals surface area contributed by atoms with E-state index in [0.29, 0.717) is 0 Å². The molecule has 0 saturated carbocycles. The average molecular weight is 1280 g/mol. The summed E-state index contributed by atoms with van der Waals surface area (Å²) in [5.41, 5.74) is 32.8. The van der Waals surface area contributed by atoms with Gasteiger partial charge in [0.1, 0.15) is 0 Å². The Morgan fingerprint density at radius 1 is 0.303 bits per heavy atom. The predicted octanol–water partition coefficient (Wildman–Crippen LogP) is 24.1. The zero-order valence-electron chi connectivity index (χ0n) is 60.2. The normalized spacial score (nSPS) is 16.3. The van der Waals surface area contributed by atoms with Crippen LogP contribution in [0.5, 0.6) is 0 Å². The van der Waals surface area contributed by atoms with Crippen molar-refractivity contribution in [2.45, 2.75) is 155 Å². The lowest BCUT2D eigenvalue weighted by Gasteiger charge is -2.42. The number of aromatic nitrogens is 2. The molecule has 19 rings (SSSR count). The minimum Gasteiger partial charge on any atom is -0.310 e. The Morgan fingerprint density at radius 3 is 1.35 bits per heavy atom. The molecule has 3 heteroatoms. The molecule has 0 N–H and O–H groups in total. The van der Waals surface area contributed by atoms with Crippen LogP contribution in [0.4, 0.5) is 0 Å². The van der Waals surface area contributed by atoms with Gasteiger partial charge in [-0.2, -0.15) is 0 Å². The lowest BCUT2D eigenvalue weighted by molar-refractivity contribution is 0.332. The van der Waals surface area contributed by atoms with Gasteiger partial charge in [-0.05, 0) is 233 Å². The first-order valence-corrected chi connectivity index (χ1v) is 36.6. The van der Waals surface area contributed by atoms with E-state index in [0.717, 1.165) is 12.8 Å². The third-order valence-corrected chi connectivity index (χ3v) is 24.9. The van der Waals surface area contributed by atoms with Gasteiger partial charge in [0.2, 0.25) is 0 Å². The third-order valence-electron chi connectivity index (χ3n) is 24.9. The Labute approximate surface area is 584 Å². The smallest absolute Gasteiger partial charge is 0.252 e. The molecular weight excluding hydrogens is 1190 g/mol. The maximum absolute atomic E-state index is 2.77. The van der Waals surface area contributed by atoms with Crippen molar-refractivity contribution in [1.82, 2.24) is 9.13 Å². The second-order valence-electron chi connectivity index (χ2n) is 34.9. The fourth-order valence-corrected chi connectivity index (χ4v) is 19.2. The Hall–Kier alpha value is -9.70. The lowest BCUT2D eigenvalue weighted by Crippen LogP contribution is -2.59. The van der Waals surface area contributed by atoms with Gasteiger partial charge < -0.3 is 9.13 Å². The van der Waals surface area contributed by atoms with E-state index < -0.39 is 0 Å². The summed E-state index contributed by atoms with van der Waals surface area (Å²) in [6.07, 6.45) is 4.65. The van der Waals surface area contributed by atoms with Crippen LogP contribution in [0, 0.1) is 0 Å². The first-order valence-electron chi connectivity index (χ1n) is 36.6. The highest BCUT2D eigenvalue weighted by Gasteiger charge is 2.45. The minimum atomic E-state index is -0.144. The van der Waals surface area contributed by atoms with Gasteiger partial charge in [0.05, 0.1) is 11.0 Å². The molecule has 0 saturated heterocycles. The van der Waals surface area contributed by atoms with Crippen molar-refractivity contribution in [2.75, 3.05) is 0 Å². The standard InChI is InChI=1S/C96H87BN2/c1-91(2,3)61-37-41-81-72(53-61)73-54-62(92(4,5)6)55-80-89(73)98(81)83-51-60(85-65(57-35-39-75-77(48-57)95(11,12)45-43-93(75,7)8)33-24-34-66(85)58-36-40-76-78(49-58)96(13,14)46-44-94(76,9)10)52-84-88(83)97(80)79-50-59(64-28-19-18-27-63(64)56-25-16-15-17-26-56)47-74-87-82(99(84)90(74)79)42-38-71-69-31-21-20-29-67(69)68-30-22-23-32-70(68)86(71)87/h15-42,47-55H,43-46H2,1-14H3. The average Bonchev–Trinajstić information content (AvgIpc) is 1.55. The summed E-state index contributed by atoms with van der Waals surface area (Å²) < 4.78 is 5.51. The summed E-state index contributed by atoms with van der Waals surface area (Å²) in [6.45, 7) is 34.0. The van der Waals surface area contributed by atoms with Crippen LogP contribution in [0.2, 0.25) is 0 Å². The molecular formula is C96H87BN2. The molecule has 99 heavy (non-hydrogen) atoms. The zero-order valence-corrected chi connectivity index (χ0v) is 60.2. The van der Waals surface area contributed by atoms with E-state index >= 15 is 0 Å². The summed E-state index contributed by atoms with van der Waals surface area (Å²) in [5.74, 6) is 0. The van der Waals surface area contributed by atoms with Crippen molar-refractivity contribution in [3.05, 3.63) is 258 Å². The highest BCUT2D eigenvalue weighted by atomic mass is 15.0. The Morgan fingerprint density at radius 2 is 0.768 bits per heavy atom. The van der Waals surface area contributed by atoms with Crippen molar-refractivity contribution in [1.29, 1.82) is 0 Å². The first kappa shape index (κ1) is 60.5. The van der Waals surface area contributed by atoms with Gasteiger partial charge >= 0.3 is 0 Å².